The zero-order chi connectivity index (χ0) is 15.2. The van der Waals surface area contributed by atoms with Crippen molar-refractivity contribution in [2.24, 2.45) is 0 Å². The molecule has 0 saturated heterocycles. The number of hydrogen-bond acceptors (Lipinski definition) is 3. The fourth-order valence-corrected chi connectivity index (χ4v) is 2.19. The Labute approximate surface area is 119 Å². The number of aliphatic hydroxyl groups is 1. The second-order valence-corrected chi connectivity index (χ2v) is 5.17. The summed E-state index contributed by atoms with van der Waals surface area (Å²) in [5.41, 5.74) is -3.99. The zero-order valence-corrected chi connectivity index (χ0v) is 11.8. The first-order valence-corrected chi connectivity index (χ1v) is 6.95. The number of rotatable bonds is 6. The minimum Gasteiger partial charge on any atom is -0.396 e. The van der Waals surface area contributed by atoms with E-state index in [9.17, 15) is 18.0 Å². The molecule has 0 saturated carbocycles. The van der Waals surface area contributed by atoms with Crippen LogP contribution in [0.2, 0.25) is 0 Å². The number of aliphatic hydroxyl groups excluding tert-OH is 1. The lowest BCUT2D eigenvalue weighted by Gasteiger charge is -2.20. The molecule has 112 valence electrons. The Balaban J connectivity index is 2.74. The second-order valence-electron chi connectivity index (χ2n) is 4.03. The van der Waals surface area contributed by atoms with Crippen LogP contribution in [0.5, 0.6) is 0 Å². The molecule has 20 heavy (non-hydrogen) atoms. The molecule has 1 rings (SSSR count). The molecular formula is C13H16F3NO2S. The summed E-state index contributed by atoms with van der Waals surface area (Å²) in [4.78, 5) is 13.7. The van der Waals surface area contributed by atoms with Gasteiger partial charge < -0.3 is 10.0 Å². The van der Waals surface area contributed by atoms with Crippen LogP contribution < -0.4 is 0 Å². The van der Waals surface area contributed by atoms with E-state index < -0.39 is 5.51 Å². The number of carbonyl (C=O) groups excluding carboxylic acids is 1. The largest absolute Gasteiger partial charge is 0.446 e. The molecule has 0 radical (unpaired) electrons. The molecule has 0 heterocycles. The standard InChI is InChI=1S/C13H16F3NO2S/c1-2-17(8-3-9-18)12(19)10-4-6-11(7-5-10)20-13(14,15)16/h4-7,18H,2-3,8-9H2,1H3. The quantitative estimate of drug-likeness (QED) is 0.821. The van der Waals surface area contributed by atoms with E-state index in [2.05, 4.69) is 0 Å². The molecule has 1 aromatic carbocycles. The Hall–Kier alpha value is -1.21. The fraction of sp³-hybridized carbons (Fsp3) is 0.462. The molecule has 0 aromatic heterocycles. The molecule has 0 unspecified atom stereocenters. The second kappa shape index (κ2) is 7.54. The average molecular weight is 307 g/mol. The lowest BCUT2D eigenvalue weighted by Crippen LogP contribution is -2.32. The van der Waals surface area contributed by atoms with Crippen LogP contribution in [0.4, 0.5) is 13.2 Å². The Kier molecular flexibility index (Phi) is 6.35. The SMILES string of the molecule is CCN(CCCO)C(=O)c1ccc(SC(F)(F)F)cc1. The highest BCUT2D eigenvalue weighted by molar-refractivity contribution is 8.00. The van der Waals surface area contributed by atoms with Crippen LogP contribution in [0.3, 0.4) is 0 Å². The van der Waals surface area contributed by atoms with Gasteiger partial charge >= 0.3 is 5.51 Å². The molecule has 1 aromatic rings. The third kappa shape index (κ3) is 5.42. The first kappa shape index (κ1) is 16.8. The van der Waals surface area contributed by atoms with Crippen LogP contribution >= 0.6 is 11.8 Å². The summed E-state index contributed by atoms with van der Waals surface area (Å²) in [6.07, 6.45) is 0.474. The van der Waals surface area contributed by atoms with Gasteiger partial charge in [-0.1, -0.05) is 0 Å². The number of benzene rings is 1. The number of hydrogen-bond donors (Lipinski definition) is 1. The number of thioether (sulfide) groups is 1. The normalized spacial score (nSPS) is 11.4. The Morgan fingerprint density at radius 1 is 1.30 bits per heavy atom. The summed E-state index contributed by atoms with van der Waals surface area (Å²) >= 11 is -0.209. The highest BCUT2D eigenvalue weighted by Crippen LogP contribution is 2.36. The molecule has 7 heteroatoms. The molecule has 1 amide bonds. The molecule has 0 bridgehead atoms. The number of nitrogens with zero attached hydrogens (tertiary/aromatic N) is 1. The molecule has 0 spiro atoms. The van der Waals surface area contributed by atoms with Crippen LogP contribution in [0, 0.1) is 0 Å². The highest BCUT2D eigenvalue weighted by Gasteiger charge is 2.29. The molecule has 0 aliphatic carbocycles. The molecule has 0 aliphatic heterocycles. The first-order chi connectivity index (χ1) is 9.37. The van der Waals surface area contributed by atoms with E-state index in [0.717, 1.165) is 0 Å². The predicted molar refractivity (Wildman–Crippen MR) is 71.6 cm³/mol. The first-order valence-electron chi connectivity index (χ1n) is 6.13. The highest BCUT2D eigenvalue weighted by atomic mass is 32.2. The summed E-state index contributed by atoms with van der Waals surface area (Å²) in [5.74, 6) is -0.246. The van der Waals surface area contributed by atoms with Gasteiger partial charge in [0, 0.05) is 30.2 Å². The summed E-state index contributed by atoms with van der Waals surface area (Å²) in [7, 11) is 0. The van der Waals surface area contributed by atoms with Crippen molar-refractivity contribution < 1.29 is 23.1 Å². The summed E-state index contributed by atoms with van der Waals surface area (Å²) in [6.45, 7) is 2.71. The zero-order valence-electron chi connectivity index (χ0n) is 11.0. The van der Waals surface area contributed by atoms with Crippen molar-refractivity contribution in [1.82, 2.24) is 4.90 Å². The van der Waals surface area contributed by atoms with Gasteiger partial charge in [0.25, 0.3) is 5.91 Å². The molecule has 0 fully saturated rings. The van der Waals surface area contributed by atoms with Crippen molar-refractivity contribution >= 4 is 17.7 Å². The van der Waals surface area contributed by atoms with E-state index in [1.165, 1.54) is 24.3 Å². The Morgan fingerprint density at radius 3 is 2.35 bits per heavy atom. The van der Waals surface area contributed by atoms with Crippen molar-refractivity contribution in [2.45, 2.75) is 23.7 Å². The van der Waals surface area contributed by atoms with Gasteiger partial charge in [0.2, 0.25) is 0 Å². The molecule has 0 aliphatic rings. The van der Waals surface area contributed by atoms with Gasteiger partial charge in [-0.3, -0.25) is 4.79 Å². The van der Waals surface area contributed by atoms with E-state index in [-0.39, 0.29) is 29.2 Å². The minimum absolute atomic E-state index is 0.00899. The van der Waals surface area contributed by atoms with Crippen molar-refractivity contribution in [2.75, 3.05) is 19.7 Å². The summed E-state index contributed by atoms with van der Waals surface area (Å²) in [6, 6.07) is 5.34. The van der Waals surface area contributed by atoms with E-state index >= 15 is 0 Å². The lowest BCUT2D eigenvalue weighted by atomic mass is 10.2. The van der Waals surface area contributed by atoms with Gasteiger partial charge in [-0.2, -0.15) is 13.2 Å². The van der Waals surface area contributed by atoms with Crippen molar-refractivity contribution in [3.05, 3.63) is 29.8 Å². The van der Waals surface area contributed by atoms with Crippen molar-refractivity contribution in [1.29, 1.82) is 0 Å². The molecule has 0 atom stereocenters. The smallest absolute Gasteiger partial charge is 0.396 e. The van der Waals surface area contributed by atoms with Crippen molar-refractivity contribution in [3.8, 4) is 0 Å². The number of halogens is 3. The summed E-state index contributed by atoms with van der Waals surface area (Å²) in [5, 5.41) is 8.76. The van der Waals surface area contributed by atoms with Gasteiger partial charge in [0.05, 0.1) is 0 Å². The maximum Gasteiger partial charge on any atom is 0.446 e. The van der Waals surface area contributed by atoms with Gasteiger partial charge in [-0.15, -0.1) is 0 Å². The van der Waals surface area contributed by atoms with Crippen LogP contribution in [-0.4, -0.2) is 41.1 Å². The van der Waals surface area contributed by atoms with E-state index in [1.807, 2.05) is 6.92 Å². The monoisotopic (exact) mass is 307 g/mol. The molecule has 1 N–H and O–H groups in total. The predicted octanol–water partition coefficient (Wildman–Crippen LogP) is 3.14. The van der Waals surface area contributed by atoms with Gasteiger partial charge in [0.1, 0.15) is 0 Å². The number of alkyl halides is 3. The fourth-order valence-electron chi connectivity index (χ4n) is 1.65. The Morgan fingerprint density at radius 2 is 1.90 bits per heavy atom. The maximum atomic E-state index is 12.2. The minimum atomic E-state index is -4.33. The van der Waals surface area contributed by atoms with E-state index in [1.54, 1.807) is 4.90 Å². The average Bonchev–Trinajstić information content (AvgIpc) is 2.38. The lowest BCUT2D eigenvalue weighted by molar-refractivity contribution is -0.0328. The van der Waals surface area contributed by atoms with Crippen LogP contribution in [-0.2, 0) is 0 Å². The van der Waals surface area contributed by atoms with Crippen LogP contribution in [0.25, 0.3) is 0 Å². The third-order valence-electron chi connectivity index (χ3n) is 2.59. The third-order valence-corrected chi connectivity index (χ3v) is 3.33. The number of amides is 1. The van der Waals surface area contributed by atoms with Gasteiger partial charge in [-0.25, -0.2) is 0 Å². The van der Waals surface area contributed by atoms with Gasteiger partial charge in [-0.05, 0) is 49.4 Å². The van der Waals surface area contributed by atoms with Gasteiger partial charge in [0.15, 0.2) is 0 Å². The van der Waals surface area contributed by atoms with E-state index in [0.29, 0.717) is 25.1 Å². The number of carbonyl (C=O) groups is 1. The summed E-state index contributed by atoms with van der Waals surface area (Å²) < 4.78 is 36.6. The van der Waals surface area contributed by atoms with Crippen LogP contribution in [0.15, 0.2) is 29.2 Å². The van der Waals surface area contributed by atoms with Crippen LogP contribution in [0.1, 0.15) is 23.7 Å². The van der Waals surface area contributed by atoms with Crippen molar-refractivity contribution in [3.63, 3.8) is 0 Å². The molecular weight excluding hydrogens is 291 g/mol. The topological polar surface area (TPSA) is 40.5 Å². The van der Waals surface area contributed by atoms with E-state index in [4.69, 9.17) is 5.11 Å². The molecule has 3 nitrogen and oxygen atoms in total. The Bertz CT molecular complexity index is 434. The maximum absolute atomic E-state index is 12.2.